The molecule has 1 aliphatic heterocycles. The summed E-state index contributed by atoms with van der Waals surface area (Å²) >= 11 is 1.68. The third kappa shape index (κ3) is 2.98. The van der Waals surface area contributed by atoms with Crippen LogP contribution in [0.3, 0.4) is 0 Å². The normalized spacial score (nSPS) is 14.8. The number of nitrogens with zero attached hydrogens (tertiary/aromatic N) is 2. The standard InChI is InChI=1S/C17H16N2OS/c1-2-3-6-9-19-11-13(20)10-16(18-19)15-12-21-17-8-5-4-7-14(15)17/h4-5,7-8,12H,2-3,10-11H2,1H3. The molecule has 0 N–H and O–H groups in total. The number of ketones is 1. The van der Waals surface area contributed by atoms with Gasteiger partial charge in [-0.05, 0) is 12.5 Å². The summed E-state index contributed by atoms with van der Waals surface area (Å²) < 4.78 is 1.22. The molecule has 3 nitrogen and oxygen atoms in total. The van der Waals surface area contributed by atoms with Crippen LogP contribution >= 0.6 is 11.3 Å². The van der Waals surface area contributed by atoms with E-state index in [-0.39, 0.29) is 5.78 Å². The van der Waals surface area contributed by atoms with Gasteiger partial charge in [0.05, 0.1) is 12.1 Å². The first-order valence-corrected chi connectivity index (χ1v) is 7.97. The number of rotatable bonds is 2. The fraction of sp³-hybridized carbons (Fsp3) is 0.294. The minimum absolute atomic E-state index is 0.168. The Morgan fingerprint density at radius 2 is 2.24 bits per heavy atom. The molecule has 2 heterocycles. The SMILES string of the molecule is CCCC#CN1CC(=O)CC(c2csc3ccccc23)=N1. The molecule has 1 aromatic carbocycles. The molecule has 0 bridgehead atoms. The number of carbonyl (C=O) groups excluding carboxylic acids is 1. The van der Waals surface area contributed by atoms with Crippen LogP contribution < -0.4 is 0 Å². The molecule has 106 valence electrons. The van der Waals surface area contributed by atoms with Gasteiger partial charge >= 0.3 is 0 Å². The fourth-order valence-corrected chi connectivity index (χ4v) is 3.28. The Kier molecular flexibility index (Phi) is 4.03. The monoisotopic (exact) mass is 296 g/mol. The van der Waals surface area contributed by atoms with Gasteiger partial charge in [-0.15, -0.1) is 11.3 Å². The van der Waals surface area contributed by atoms with Gasteiger partial charge in [0.2, 0.25) is 0 Å². The fourth-order valence-electron chi connectivity index (χ4n) is 2.31. The lowest BCUT2D eigenvalue weighted by Gasteiger charge is -2.18. The summed E-state index contributed by atoms with van der Waals surface area (Å²) in [5, 5.41) is 9.39. The van der Waals surface area contributed by atoms with Gasteiger partial charge in [-0.3, -0.25) is 4.79 Å². The molecule has 0 spiro atoms. The van der Waals surface area contributed by atoms with Gasteiger partial charge in [0, 0.05) is 33.5 Å². The van der Waals surface area contributed by atoms with Crippen LogP contribution in [0.4, 0.5) is 0 Å². The second kappa shape index (κ2) is 6.11. The first kappa shape index (κ1) is 13.8. The molecule has 0 aliphatic carbocycles. The number of Topliss-reactive ketones (excluding diaryl/α,β-unsaturated/α-hetero) is 1. The zero-order chi connectivity index (χ0) is 14.7. The third-order valence-corrected chi connectivity index (χ3v) is 4.27. The molecule has 21 heavy (non-hydrogen) atoms. The molecule has 1 aromatic heterocycles. The highest BCUT2D eigenvalue weighted by Crippen LogP contribution is 2.28. The summed E-state index contributed by atoms with van der Waals surface area (Å²) in [4.78, 5) is 12.0. The van der Waals surface area contributed by atoms with Crippen molar-refractivity contribution in [2.45, 2.75) is 26.2 Å². The van der Waals surface area contributed by atoms with Gasteiger partial charge in [0.25, 0.3) is 0 Å². The highest BCUT2D eigenvalue weighted by atomic mass is 32.1. The molecule has 4 heteroatoms. The minimum atomic E-state index is 0.168. The van der Waals surface area contributed by atoms with Crippen molar-refractivity contribution in [3.05, 3.63) is 35.2 Å². The molecular formula is C17H16N2OS. The van der Waals surface area contributed by atoms with Crippen LogP contribution in [0.2, 0.25) is 0 Å². The molecule has 0 unspecified atom stereocenters. The van der Waals surface area contributed by atoms with Crippen LogP contribution in [-0.2, 0) is 4.79 Å². The molecule has 0 amide bonds. The van der Waals surface area contributed by atoms with Crippen LogP contribution in [0.25, 0.3) is 10.1 Å². The molecule has 0 fully saturated rings. The molecular weight excluding hydrogens is 280 g/mol. The Balaban J connectivity index is 1.96. The summed E-state index contributed by atoms with van der Waals surface area (Å²) in [5.74, 6) is 3.22. The van der Waals surface area contributed by atoms with Crippen molar-refractivity contribution in [3.8, 4) is 12.0 Å². The Morgan fingerprint density at radius 3 is 3.10 bits per heavy atom. The molecule has 0 saturated carbocycles. The largest absolute Gasteiger partial charge is 0.297 e. The van der Waals surface area contributed by atoms with E-state index >= 15 is 0 Å². The first-order chi connectivity index (χ1) is 10.3. The van der Waals surface area contributed by atoms with E-state index in [9.17, 15) is 4.79 Å². The topological polar surface area (TPSA) is 32.7 Å². The Labute approximate surface area is 128 Å². The van der Waals surface area contributed by atoms with E-state index in [1.807, 2.05) is 12.1 Å². The summed E-state index contributed by atoms with van der Waals surface area (Å²) in [7, 11) is 0. The van der Waals surface area contributed by atoms with Gasteiger partial charge in [-0.25, -0.2) is 5.01 Å². The molecule has 0 radical (unpaired) electrons. The molecule has 0 saturated heterocycles. The lowest BCUT2D eigenvalue weighted by molar-refractivity contribution is -0.118. The van der Waals surface area contributed by atoms with Crippen LogP contribution in [0.1, 0.15) is 31.7 Å². The average molecular weight is 296 g/mol. The quantitative estimate of drug-likeness (QED) is 0.793. The summed E-state index contributed by atoms with van der Waals surface area (Å²) in [6.45, 7) is 2.38. The van der Waals surface area contributed by atoms with Gasteiger partial charge in [-0.2, -0.15) is 5.10 Å². The number of hydrazone groups is 1. The van der Waals surface area contributed by atoms with Crippen molar-refractivity contribution in [3.63, 3.8) is 0 Å². The maximum absolute atomic E-state index is 12.0. The van der Waals surface area contributed by atoms with E-state index in [1.54, 1.807) is 16.3 Å². The number of fused-ring (bicyclic) bond motifs is 1. The van der Waals surface area contributed by atoms with Crippen LogP contribution in [0, 0.1) is 12.0 Å². The molecule has 0 atom stereocenters. The van der Waals surface area contributed by atoms with Gasteiger partial charge < -0.3 is 0 Å². The van der Waals surface area contributed by atoms with Crippen molar-refractivity contribution in [1.29, 1.82) is 0 Å². The van der Waals surface area contributed by atoms with Crippen molar-refractivity contribution in [1.82, 2.24) is 5.01 Å². The van der Waals surface area contributed by atoms with E-state index in [2.05, 4.69) is 41.5 Å². The maximum atomic E-state index is 12.0. The van der Waals surface area contributed by atoms with Crippen molar-refractivity contribution in [2.75, 3.05) is 6.54 Å². The number of benzene rings is 1. The number of thiophene rings is 1. The highest BCUT2D eigenvalue weighted by Gasteiger charge is 2.21. The lowest BCUT2D eigenvalue weighted by Crippen LogP contribution is -2.30. The lowest BCUT2D eigenvalue weighted by atomic mass is 10.0. The number of hydrogen-bond donors (Lipinski definition) is 0. The average Bonchev–Trinajstić information content (AvgIpc) is 2.91. The predicted octanol–water partition coefficient (Wildman–Crippen LogP) is 3.64. The van der Waals surface area contributed by atoms with Gasteiger partial charge in [-0.1, -0.05) is 31.0 Å². The van der Waals surface area contributed by atoms with Gasteiger partial charge in [0.15, 0.2) is 5.78 Å². The van der Waals surface area contributed by atoms with Gasteiger partial charge in [0.1, 0.15) is 6.54 Å². The Hall–Kier alpha value is -2.12. The van der Waals surface area contributed by atoms with Crippen LogP contribution in [-0.4, -0.2) is 23.0 Å². The summed E-state index contributed by atoms with van der Waals surface area (Å²) in [5.41, 5.74) is 1.89. The Morgan fingerprint density at radius 1 is 1.38 bits per heavy atom. The smallest absolute Gasteiger partial charge is 0.161 e. The predicted molar refractivity (Wildman–Crippen MR) is 87.4 cm³/mol. The number of carbonyl (C=O) groups is 1. The zero-order valence-electron chi connectivity index (χ0n) is 11.9. The molecule has 1 aliphatic rings. The maximum Gasteiger partial charge on any atom is 0.161 e. The van der Waals surface area contributed by atoms with E-state index < -0.39 is 0 Å². The molecule has 3 rings (SSSR count). The van der Waals surface area contributed by atoms with E-state index in [4.69, 9.17) is 0 Å². The van der Waals surface area contributed by atoms with E-state index in [0.29, 0.717) is 13.0 Å². The van der Waals surface area contributed by atoms with E-state index in [0.717, 1.165) is 29.5 Å². The number of hydrogen-bond acceptors (Lipinski definition) is 4. The zero-order valence-corrected chi connectivity index (χ0v) is 12.7. The second-order valence-electron chi connectivity index (χ2n) is 5.00. The summed E-state index contributed by atoms with van der Waals surface area (Å²) in [6, 6.07) is 11.2. The van der Waals surface area contributed by atoms with Crippen molar-refractivity contribution >= 4 is 32.9 Å². The molecule has 2 aromatic rings. The van der Waals surface area contributed by atoms with Crippen molar-refractivity contribution < 1.29 is 4.79 Å². The van der Waals surface area contributed by atoms with E-state index in [1.165, 1.54) is 4.70 Å². The highest BCUT2D eigenvalue weighted by molar-refractivity contribution is 7.17. The third-order valence-electron chi connectivity index (χ3n) is 3.31. The Bertz CT molecular complexity index is 764. The van der Waals surface area contributed by atoms with Crippen molar-refractivity contribution in [2.24, 2.45) is 5.10 Å². The minimum Gasteiger partial charge on any atom is -0.297 e. The van der Waals surface area contributed by atoms with Crippen LogP contribution in [0.15, 0.2) is 34.7 Å². The summed E-state index contributed by atoms with van der Waals surface area (Å²) in [6.07, 6.45) is 2.24. The first-order valence-electron chi connectivity index (χ1n) is 7.09. The second-order valence-corrected chi connectivity index (χ2v) is 5.92. The van der Waals surface area contributed by atoms with Crippen LogP contribution in [0.5, 0.6) is 0 Å². The number of unbranched alkanes of at least 4 members (excludes halogenated alkanes) is 1.